The molecule has 1 aliphatic rings. The molecule has 0 radical (unpaired) electrons. The van der Waals surface area contributed by atoms with Crippen LogP contribution >= 0.6 is 0 Å². The number of carbonyl (C=O) groups is 1. The molecule has 0 aliphatic carbocycles. The molecule has 0 unspecified atom stereocenters. The van der Waals surface area contributed by atoms with Gasteiger partial charge in [0.25, 0.3) is 0 Å². The monoisotopic (exact) mass is 187 g/mol. The number of quaternary nitrogens is 1. The molecular weight excluding hydrogens is 170 g/mol. The van der Waals surface area contributed by atoms with Crippen LogP contribution in [0.5, 0.6) is 0 Å². The lowest BCUT2D eigenvalue weighted by Crippen LogP contribution is -3.19. The second-order valence-corrected chi connectivity index (χ2v) is 3.81. The van der Waals surface area contributed by atoms with Gasteiger partial charge in [0, 0.05) is 5.92 Å². The van der Waals surface area contributed by atoms with Gasteiger partial charge in [-0.3, -0.25) is 0 Å². The fraction of sp³-hybridized carbons (Fsp3) is 0.889. The Morgan fingerprint density at radius 1 is 1.38 bits per heavy atom. The van der Waals surface area contributed by atoms with Gasteiger partial charge in [0.15, 0.2) is 0 Å². The molecule has 0 aromatic rings. The van der Waals surface area contributed by atoms with E-state index in [2.05, 4.69) is 0 Å². The highest BCUT2D eigenvalue weighted by Gasteiger charge is 2.28. The summed E-state index contributed by atoms with van der Waals surface area (Å²) in [5.74, 6) is -0.815. The molecule has 4 nitrogen and oxygen atoms in total. The first-order valence-electron chi connectivity index (χ1n) is 4.76. The van der Waals surface area contributed by atoms with E-state index in [1.807, 2.05) is 13.8 Å². The summed E-state index contributed by atoms with van der Waals surface area (Å²) in [6.07, 6.45) is 0. The lowest BCUT2D eigenvalue weighted by Gasteiger charge is -2.34. The Labute approximate surface area is 78.5 Å². The Kier molecular flexibility index (Phi) is 3.69. The second kappa shape index (κ2) is 4.58. The van der Waals surface area contributed by atoms with Crippen molar-refractivity contribution in [2.45, 2.75) is 19.9 Å². The summed E-state index contributed by atoms with van der Waals surface area (Å²) >= 11 is 0. The zero-order chi connectivity index (χ0) is 9.84. The average molecular weight is 187 g/mol. The number of aliphatic carboxylic acids is 1. The highest BCUT2D eigenvalue weighted by molar-refractivity contribution is 5.69. The first-order valence-corrected chi connectivity index (χ1v) is 4.76. The van der Waals surface area contributed by atoms with E-state index in [0.717, 1.165) is 18.0 Å². The largest absolute Gasteiger partial charge is 0.544 e. The van der Waals surface area contributed by atoms with E-state index in [1.165, 1.54) is 0 Å². The van der Waals surface area contributed by atoms with Crippen LogP contribution in [0.25, 0.3) is 0 Å². The number of carbonyl (C=O) groups excluding carboxylic acids is 1. The summed E-state index contributed by atoms with van der Waals surface area (Å²) in [5.41, 5.74) is 0. The van der Waals surface area contributed by atoms with Crippen LogP contribution in [0.3, 0.4) is 0 Å². The van der Waals surface area contributed by atoms with E-state index in [4.69, 9.17) is 4.74 Å². The van der Waals surface area contributed by atoms with Gasteiger partial charge < -0.3 is 19.5 Å². The lowest BCUT2D eigenvalue weighted by atomic mass is 10.0. The maximum atomic E-state index is 10.9. The molecule has 0 bridgehead atoms. The number of hydrogen-bond donors (Lipinski definition) is 1. The van der Waals surface area contributed by atoms with Crippen molar-refractivity contribution >= 4 is 5.97 Å². The number of hydrogen-bond acceptors (Lipinski definition) is 3. The molecule has 1 aliphatic heterocycles. The molecule has 4 heteroatoms. The Bertz CT molecular complexity index is 176. The molecule has 1 fully saturated rings. The number of ether oxygens (including phenoxy) is 1. The molecule has 1 heterocycles. The molecule has 0 spiro atoms. The Hall–Kier alpha value is -0.610. The normalized spacial score (nSPS) is 21.8. The van der Waals surface area contributed by atoms with E-state index in [9.17, 15) is 9.90 Å². The fourth-order valence-electron chi connectivity index (χ4n) is 1.85. The van der Waals surface area contributed by atoms with Crippen molar-refractivity contribution in [1.82, 2.24) is 0 Å². The zero-order valence-corrected chi connectivity index (χ0v) is 8.21. The van der Waals surface area contributed by atoms with E-state index in [1.54, 1.807) is 0 Å². The molecule has 13 heavy (non-hydrogen) atoms. The van der Waals surface area contributed by atoms with Crippen LogP contribution in [-0.4, -0.2) is 38.3 Å². The van der Waals surface area contributed by atoms with Crippen molar-refractivity contribution in [3.63, 3.8) is 0 Å². The highest BCUT2D eigenvalue weighted by atomic mass is 16.5. The summed E-state index contributed by atoms with van der Waals surface area (Å²) in [6.45, 7) is 6.71. The van der Waals surface area contributed by atoms with Crippen molar-refractivity contribution < 1.29 is 19.5 Å². The van der Waals surface area contributed by atoms with Gasteiger partial charge in [0.05, 0.1) is 19.2 Å². The van der Waals surface area contributed by atoms with Crippen LogP contribution in [0.1, 0.15) is 13.8 Å². The molecule has 0 amide bonds. The summed E-state index contributed by atoms with van der Waals surface area (Å²) < 4.78 is 5.18. The van der Waals surface area contributed by atoms with Crippen molar-refractivity contribution in [3.05, 3.63) is 0 Å². The number of nitrogens with one attached hydrogen (secondary N) is 1. The molecule has 0 saturated carbocycles. The van der Waals surface area contributed by atoms with Gasteiger partial charge in [-0.05, 0) is 0 Å². The number of morpholine rings is 1. The van der Waals surface area contributed by atoms with Gasteiger partial charge in [0.1, 0.15) is 19.1 Å². The molecule has 1 atom stereocenters. The smallest absolute Gasteiger partial charge is 0.130 e. The third kappa shape index (κ3) is 2.67. The molecular formula is C9H17NO3. The maximum Gasteiger partial charge on any atom is 0.130 e. The van der Waals surface area contributed by atoms with Crippen LogP contribution in [0.2, 0.25) is 0 Å². The van der Waals surface area contributed by atoms with E-state index < -0.39 is 5.97 Å². The summed E-state index contributed by atoms with van der Waals surface area (Å²) in [7, 11) is 0. The number of carboxylic acids is 1. The minimum absolute atomic E-state index is 0.123. The van der Waals surface area contributed by atoms with Crippen LogP contribution in [-0.2, 0) is 9.53 Å². The molecule has 1 N–H and O–H groups in total. The Morgan fingerprint density at radius 2 is 1.92 bits per heavy atom. The number of carboxylic acid groups (broad SMARTS) is 1. The Balaban J connectivity index is 2.57. The van der Waals surface area contributed by atoms with Crippen molar-refractivity contribution in [1.29, 1.82) is 0 Å². The standard InChI is InChI=1S/C9H17NO3/c1-7(2)8(9(11)12)10-3-5-13-6-4-10/h7-8H,3-6H2,1-2H3,(H,11,12)/t8-/m0/s1. The average Bonchev–Trinajstić information content (AvgIpc) is 2.04. The second-order valence-electron chi connectivity index (χ2n) is 3.81. The SMILES string of the molecule is CC(C)[C@@H](C(=O)[O-])[NH+]1CCOCC1. The van der Waals surface area contributed by atoms with Gasteiger partial charge in [0.2, 0.25) is 0 Å². The van der Waals surface area contributed by atoms with E-state index in [0.29, 0.717) is 13.2 Å². The highest BCUT2D eigenvalue weighted by Crippen LogP contribution is 1.97. The summed E-state index contributed by atoms with van der Waals surface area (Å²) in [6, 6.07) is -0.385. The van der Waals surface area contributed by atoms with Gasteiger partial charge in [-0.1, -0.05) is 13.8 Å². The molecule has 1 rings (SSSR count). The predicted molar refractivity (Wildman–Crippen MR) is 45.1 cm³/mol. The minimum Gasteiger partial charge on any atom is -0.544 e. The van der Waals surface area contributed by atoms with Crippen molar-refractivity contribution in [2.24, 2.45) is 5.92 Å². The molecule has 0 aromatic heterocycles. The van der Waals surface area contributed by atoms with Crippen LogP contribution < -0.4 is 10.0 Å². The van der Waals surface area contributed by atoms with Gasteiger partial charge in [-0.15, -0.1) is 0 Å². The molecule has 1 saturated heterocycles. The van der Waals surface area contributed by atoms with Gasteiger partial charge in [-0.2, -0.15) is 0 Å². The first kappa shape index (κ1) is 10.5. The maximum absolute atomic E-state index is 10.9. The minimum atomic E-state index is -0.938. The quantitative estimate of drug-likeness (QED) is 0.539. The van der Waals surface area contributed by atoms with Crippen molar-refractivity contribution in [3.8, 4) is 0 Å². The third-order valence-corrected chi connectivity index (χ3v) is 2.50. The van der Waals surface area contributed by atoms with Gasteiger partial charge in [-0.25, -0.2) is 0 Å². The fourth-order valence-corrected chi connectivity index (χ4v) is 1.85. The molecule has 0 aromatic carbocycles. The van der Waals surface area contributed by atoms with E-state index in [-0.39, 0.29) is 12.0 Å². The summed E-state index contributed by atoms with van der Waals surface area (Å²) in [4.78, 5) is 12.0. The van der Waals surface area contributed by atoms with Gasteiger partial charge >= 0.3 is 0 Å². The van der Waals surface area contributed by atoms with Crippen LogP contribution in [0.4, 0.5) is 0 Å². The molecule has 76 valence electrons. The van der Waals surface area contributed by atoms with E-state index >= 15 is 0 Å². The van der Waals surface area contributed by atoms with Crippen molar-refractivity contribution in [2.75, 3.05) is 26.3 Å². The van der Waals surface area contributed by atoms with Crippen LogP contribution in [0, 0.1) is 5.92 Å². The van der Waals surface area contributed by atoms with Crippen LogP contribution in [0.15, 0.2) is 0 Å². The topological polar surface area (TPSA) is 53.8 Å². The third-order valence-electron chi connectivity index (χ3n) is 2.50. The predicted octanol–water partition coefficient (Wildman–Crippen LogP) is -2.32. The Morgan fingerprint density at radius 3 is 2.31 bits per heavy atom. The number of rotatable bonds is 3. The summed E-state index contributed by atoms with van der Waals surface area (Å²) in [5, 5.41) is 10.9. The lowest BCUT2D eigenvalue weighted by molar-refractivity contribution is -0.929. The zero-order valence-electron chi connectivity index (χ0n) is 8.21. The first-order chi connectivity index (χ1) is 6.13.